The van der Waals surface area contributed by atoms with Crippen LogP contribution in [0.3, 0.4) is 0 Å². The van der Waals surface area contributed by atoms with Crippen LogP contribution in [0.15, 0.2) is 33.9 Å². The molecule has 0 saturated carbocycles. The van der Waals surface area contributed by atoms with Crippen molar-refractivity contribution in [3.05, 3.63) is 47.2 Å². The molecule has 8 heteroatoms. The van der Waals surface area contributed by atoms with E-state index in [-0.39, 0.29) is 29.9 Å². The molecule has 0 atom stereocenters. The van der Waals surface area contributed by atoms with Gasteiger partial charge in [-0.15, -0.1) is 24.0 Å². The van der Waals surface area contributed by atoms with Gasteiger partial charge in [0.05, 0.1) is 6.54 Å². The number of nitrogens with one attached hydrogen (secondary N) is 3. The standard InChI is InChI=1S/C22H32N6O.HI/c1-5-16-8-7-9-18-17(14-26-20(16)18)10-12-24-22(23-6-2)25-13-11-19-27-21(15(3)4)28-29-19;/h7-9,14-15,26H,5-6,10-13H2,1-4H3,(H2,23,24,25);1H. The fourth-order valence-corrected chi connectivity index (χ4v) is 3.30. The summed E-state index contributed by atoms with van der Waals surface area (Å²) < 4.78 is 5.28. The Hall–Kier alpha value is -2.10. The molecule has 0 amide bonds. The molecule has 0 aliphatic heterocycles. The molecule has 0 aliphatic carbocycles. The van der Waals surface area contributed by atoms with Crippen LogP contribution in [0.2, 0.25) is 0 Å². The minimum absolute atomic E-state index is 0. The zero-order valence-corrected chi connectivity index (χ0v) is 20.6. The van der Waals surface area contributed by atoms with Gasteiger partial charge in [-0.2, -0.15) is 4.98 Å². The summed E-state index contributed by atoms with van der Waals surface area (Å²) in [6.07, 6.45) is 4.72. The molecule has 164 valence electrons. The first-order valence-corrected chi connectivity index (χ1v) is 10.5. The largest absolute Gasteiger partial charge is 0.361 e. The second-order valence-electron chi connectivity index (χ2n) is 7.40. The predicted octanol–water partition coefficient (Wildman–Crippen LogP) is 4.20. The van der Waals surface area contributed by atoms with Gasteiger partial charge in [0.1, 0.15) is 0 Å². The number of benzene rings is 1. The van der Waals surface area contributed by atoms with Gasteiger partial charge < -0.3 is 20.1 Å². The third-order valence-electron chi connectivity index (χ3n) is 4.90. The fraction of sp³-hybridized carbons (Fsp3) is 0.500. The molecular formula is C22H33IN6O. The highest BCUT2D eigenvalue weighted by molar-refractivity contribution is 14.0. The number of guanidine groups is 1. The van der Waals surface area contributed by atoms with Crippen molar-refractivity contribution in [3.8, 4) is 0 Å². The summed E-state index contributed by atoms with van der Waals surface area (Å²) in [5, 5.41) is 12.0. The molecule has 3 rings (SSSR count). The van der Waals surface area contributed by atoms with E-state index in [1.54, 1.807) is 0 Å². The van der Waals surface area contributed by atoms with Crippen molar-refractivity contribution < 1.29 is 4.52 Å². The van der Waals surface area contributed by atoms with Gasteiger partial charge in [-0.3, -0.25) is 4.99 Å². The number of fused-ring (bicyclic) bond motifs is 1. The van der Waals surface area contributed by atoms with E-state index in [2.05, 4.69) is 82.8 Å². The Labute approximate surface area is 195 Å². The van der Waals surface area contributed by atoms with E-state index in [0.29, 0.717) is 18.9 Å². The molecular weight excluding hydrogens is 491 g/mol. The second kappa shape index (κ2) is 11.9. The first kappa shape index (κ1) is 24.2. The SMILES string of the molecule is CCNC(=NCCc1nc(C(C)C)no1)NCCc1c[nH]c2c(CC)cccc12.I. The Morgan fingerprint density at radius 3 is 2.70 bits per heavy atom. The zero-order chi connectivity index (χ0) is 20.6. The maximum absolute atomic E-state index is 5.28. The topological polar surface area (TPSA) is 91.1 Å². The van der Waals surface area contributed by atoms with Crippen LogP contribution in [-0.4, -0.2) is 40.7 Å². The van der Waals surface area contributed by atoms with Gasteiger partial charge in [-0.25, -0.2) is 0 Å². The Kier molecular flexibility index (Phi) is 9.61. The van der Waals surface area contributed by atoms with E-state index in [9.17, 15) is 0 Å². The number of para-hydroxylation sites is 1. The lowest BCUT2D eigenvalue weighted by molar-refractivity contribution is 0.372. The first-order chi connectivity index (χ1) is 14.1. The van der Waals surface area contributed by atoms with Gasteiger partial charge in [-0.05, 0) is 30.9 Å². The molecule has 0 fully saturated rings. The molecule has 2 aromatic heterocycles. The normalized spacial score (nSPS) is 11.7. The molecule has 0 aliphatic rings. The molecule has 7 nitrogen and oxygen atoms in total. The van der Waals surface area contributed by atoms with E-state index in [1.165, 1.54) is 22.0 Å². The number of aliphatic imine (C=N–C) groups is 1. The number of halogens is 1. The van der Waals surface area contributed by atoms with Crippen molar-refractivity contribution in [2.45, 2.75) is 52.9 Å². The van der Waals surface area contributed by atoms with Crippen LogP contribution in [0.1, 0.15) is 56.5 Å². The maximum Gasteiger partial charge on any atom is 0.228 e. The Morgan fingerprint density at radius 2 is 2.00 bits per heavy atom. The van der Waals surface area contributed by atoms with E-state index in [1.807, 2.05) is 0 Å². The van der Waals surface area contributed by atoms with E-state index >= 15 is 0 Å². The highest BCUT2D eigenvalue weighted by atomic mass is 127. The zero-order valence-electron chi connectivity index (χ0n) is 18.3. The van der Waals surface area contributed by atoms with Gasteiger partial charge in [0.2, 0.25) is 5.89 Å². The van der Waals surface area contributed by atoms with Crippen LogP contribution in [0, 0.1) is 0 Å². The van der Waals surface area contributed by atoms with Crippen LogP contribution < -0.4 is 10.6 Å². The summed E-state index contributed by atoms with van der Waals surface area (Å²) in [6.45, 7) is 10.6. The lowest BCUT2D eigenvalue weighted by Crippen LogP contribution is -2.38. The van der Waals surface area contributed by atoms with E-state index in [4.69, 9.17) is 4.52 Å². The predicted molar refractivity (Wildman–Crippen MR) is 133 cm³/mol. The Bertz CT molecular complexity index is 946. The Morgan fingerprint density at radius 1 is 1.17 bits per heavy atom. The van der Waals surface area contributed by atoms with Gasteiger partial charge in [0.15, 0.2) is 11.8 Å². The molecule has 30 heavy (non-hydrogen) atoms. The Balaban J connectivity index is 0.00000320. The number of hydrogen-bond donors (Lipinski definition) is 3. The number of nitrogens with zero attached hydrogens (tertiary/aromatic N) is 3. The van der Waals surface area contributed by atoms with Crippen LogP contribution in [0.25, 0.3) is 10.9 Å². The maximum atomic E-state index is 5.28. The fourth-order valence-electron chi connectivity index (χ4n) is 3.30. The molecule has 0 unspecified atom stereocenters. The summed E-state index contributed by atoms with van der Waals surface area (Å²) in [5.41, 5.74) is 3.94. The van der Waals surface area contributed by atoms with Crippen molar-refractivity contribution in [2.24, 2.45) is 4.99 Å². The van der Waals surface area contributed by atoms with Crippen molar-refractivity contribution in [3.63, 3.8) is 0 Å². The average Bonchev–Trinajstić information content (AvgIpc) is 3.35. The van der Waals surface area contributed by atoms with E-state index < -0.39 is 0 Å². The summed E-state index contributed by atoms with van der Waals surface area (Å²) in [5.74, 6) is 2.47. The van der Waals surface area contributed by atoms with Crippen LogP contribution >= 0.6 is 24.0 Å². The molecule has 3 N–H and O–H groups in total. The summed E-state index contributed by atoms with van der Waals surface area (Å²) in [6, 6.07) is 6.51. The number of aryl methyl sites for hydroxylation is 1. The third-order valence-corrected chi connectivity index (χ3v) is 4.90. The summed E-state index contributed by atoms with van der Waals surface area (Å²) >= 11 is 0. The van der Waals surface area contributed by atoms with Crippen molar-refractivity contribution in [1.29, 1.82) is 0 Å². The van der Waals surface area contributed by atoms with Crippen molar-refractivity contribution in [2.75, 3.05) is 19.6 Å². The highest BCUT2D eigenvalue weighted by Crippen LogP contribution is 2.22. The minimum Gasteiger partial charge on any atom is -0.361 e. The average molecular weight is 524 g/mol. The summed E-state index contributed by atoms with van der Waals surface area (Å²) in [4.78, 5) is 12.5. The van der Waals surface area contributed by atoms with Gasteiger partial charge >= 0.3 is 0 Å². The minimum atomic E-state index is 0. The van der Waals surface area contributed by atoms with Gasteiger partial charge in [0.25, 0.3) is 0 Å². The summed E-state index contributed by atoms with van der Waals surface area (Å²) in [7, 11) is 0. The third kappa shape index (κ3) is 6.20. The second-order valence-corrected chi connectivity index (χ2v) is 7.40. The van der Waals surface area contributed by atoms with Crippen LogP contribution in [0.5, 0.6) is 0 Å². The number of aromatic amines is 1. The van der Waals surface area contributed by atoms with Crippen LogP contribution in [0.4, 0.5) is 0 Å². The molecule has 0 spiro atoms. The first-order valence-electron chi connectivity index (χ1n) is 10.5. The number of H-pyrrole nitrogens is 1. The molecule has 3 aromatic rings. The smallest absolute Gasteiger partial charge is 0.228 e. The number of hydrogen-bond acceptors (Lipinski definition) is 4. The van der Waals surface area contributed by atoms with Crippen molar-refractivity contribution in [1.82, 2.24) is 25.8 Å². The number of rotatable bonds is 9. The monoisotopic (exact) mass is 524 g/mol. The highest BCUT2D eigenvalue weighted by Gasteiger charge is 2.09. The lowest BCUT2D eigenvalue weighted by atomic mass is 10.1. The molecule has 1 aromatic carbocycles. The molecule has 0 radical (unpaired) electrons. The molecule has 2 heterocycles. The lowest BCUT2D eigenvalue weighted by Gasteiger charge is -2.11. The van der Waals surface area contributed by atoms with E-state index in [0.717, 1.165) is 37.7 Å². The quantitative estimate of drug-likeness (QED) is 0.222. The number of aromatic nitrogens is 3. The van der Waals surface area contributed by atoms with Crippen LogP contribution in [-0.2, 0) is 19.3 Å². The molecule has 0 saturated heterocycles. The van der Waals surface area contributed by atoms with Gasteiger partial charge in [0, 0.05) is 42.5 Å². The van der Waals surface area contributed by atoms with Gasteiger partial charge in [-0.1, -0.05) is 44.1 Å². The molecule has 0 bridgehead atoms. The van der Waals surface area contributed by atoms with Crippen molar-refractivity contribution >= 4 is 40.8 Å².